The lowest BCUT2D eigenvalue weighted by Gasteiger charge is -2.11. The predicted octanol–water partition coefficient (Wildman–Crippen LogP) is 4.64. The number of ether oxygens (including phenoxy) is 2. The normalized spacial score (nSPS) is 10.7. The fourth-order valence-electron chi connectivity index (χ4n) is 3.01. The fraction of sp³-hybridized carbons (Fsp3) is 0.136. The SMILES string of the molecule is COc1ccc(OC)c(NC(=O)CSc2nnc(-c3cccc4ccccc34)o2)c1. The number of hydrogen-bond donors (Lipinski definition) is 1. The molecule has 0 fully saturated rings. The van der Waals surface area contributed by atoms with Crippen LogP contribution in [0, 0.1) is 0 Å². The lowest BCUT2D eigenvalue weighted by Crippen LogP contribution is -2.14. The molecule has 1 amide bonds. The van der Waals surface area contributed by atoms with Crippen LogP contribution in [0.15, 0.2) is 70.3 Å². The highest BCUT2D eigenvalue weighted by Crippen LogP contribution is 2.31. The summed E-state index contributed by atoms with van der Waals surface area (Å²) in [4.78, 5) is 12.4. The Balaban J connectivity index is 1.44. The van der Waals surface area contributed by atoms with Gasteiger partial charge in [-0.1, -0.05) is 48.2 Å². The third kappa shape index (κ3) is 4.23. The average molecular weight is 421 g/mol. The minimum atomic E-state index is -0.225. The Kier molecular flexibility index (Phi) is 5.85. The van der Waals surface area contributed by atoms with Gasteiger partial charge in [0.1, 0.15) is 11.5 Å². The number of nitrogens with one attached hydrogen (secondary N) is 1. The third-order valence-electron chi connectivity index (χ3n) is 4.43. The maximum absolute atomic E-state index is 12.4. The first-order valence-corrected chi connectivity index (χ1v) is 10.1. The third-order valence-corrected chi connectivity index (χ3v) is 5.25. The summed E-state index contributed by atoms with van der Waals surface area (Å²) in [5.74, 6) is 1.47. The number of amides is 1. The lowest BCUT2D eigenvalue weighted by molar-refractivity contribution is -0.113. The van der Waals surface area contributed by atoms with Crippen molar-refractivity contribution in [3.63, 3.8) is 0 Å². The molecule has 30 heavy (non-hydrogen) atoms. The molecule has 7 nitrogen and oxygen atoms in total. The summed E-state index contributed by atoms with van der Waals surface area (Å²) in [5.41, 5.74) is 1.39. The van der Waals surface area contributed by atoms with Gasteiger partial charge in [0.05, 0.1) is 25.7 Å². The number of carbonyl (C=O) groups is 1. The maximum Gasteiger partial charge on any atom is 0.277 e. The highest BCUT2D eigenvalue weighted by Gasteiger charge is 2.14. The highest BCUT2D eigenvalue weighted by molar-refractivity contribution is 7.99. The van der Waals surface area contributed by atoms with E-state index in [1.54, 1.807) is 32.4 Å². The van der Waals surface area contributed by atoms with E-state index in [9.17, 15) is 4.79 Å². The number of rotatable bonds is 7. The van der Waals surface area contributed by atoms with Gasteiger partial charge >= 0.3 is 0 Å². The minimum Gasteiger partial charge on any atom is -0.497 e. The molecule has 0 aliphatic heterocycles. The van der Waals surface area contributed by atoms with Crippen molar-refractivity contribution in [1.82, 2.24) is 10.2 Å². The van der Waals surface area contributed by atoms with Crippen LogP contribution in [0.2, 0.25) is 0 Å². The number of benzene rings is 3. The van der Waals surface area contributed by atoms with E-state index in [0.717, 1.165) is 16.3 Å². The van der Waals surface area contributed by atoms with Gasteiger partial charge < -0.3 is 19.2 Å². The molecule has 0 spiro atoms. The summed E-state index contributed by atoms with van der Waals surface area (Å²) in [6.45, 7) is 0. The largest absolute Gasteiger partial charge is 0.497 e. The molecule has 0 saturated carbocycles. The molecule has 8 heteroatoms. The summed E-state index contributed by atoms with van der Waals surface area (Å²) >= 11 is 1.17. The van der Waals surface area contributed by atoms with Crippen LogP contribution < -0.4 is 14.8 Å². The minimum absolute atomic E-state index is 0.109. The number of carbonyl (C=O) groups excluding carboxylic acids is 1. The first-order chi connectivity index (χ1) is 14.7. The molecule has 0 bridgehead atoms. The molecule has 0 unspecified atom stereocenters. The van der Waals surface area contributed by atoms with Gasteiger partial charge in [-0.2, -0.15) is 0 Å². The molecule has 0 aliphatic rings. The number of fused-ring (bicyclic) bond motifs is 1. The Bertz CT molecular complexity index is 1190. The maximum atomic E-state index is 12.4. The zero-order valence-electron chi connectivity index (χ0n) is 16.4. The second-order valence-electron chi connectivity index (χ2n) is 6.30. The number of hydrogen-bond acceptors (Lipinski definition) is 7. The van der Waals surface area contributed by atoms with Crippen LogP contribution in [0.3, 0.4) is 0 Å². The predicted molar refractivity (Wildman–Crippen MR) is 116 cm³/mol. The van der Waals surface area contributed by atoms with Gasteiger partial charge in [0.15, 0.2) is 0 Å². The first kappa shape index (κ1) is 19.8. The number of aromatic nitrogens is 2. The van der Waals surface area contributed by atoms with Crippen molar-refractivity contribution < 1.29 is 18.7 Å². The smallest absolute Gasteiger partial charge is 0.277 e. The summed E-state index contributed by atoms with van der Waals surface area (Å²) in [7, 11) is 3.10. The summed E-state index contributed by atoms with van der Waals surface area (Å²) < 4.78 is 16.2. The quantitative estimate of drug-likeness (QED) is 0.435. The van der Waals surface area contributed by atoms with Crippen LogP contribution in [-0.2, 0) is 4.79 Å². The number of anilines is 1. The average Bonchev–Trinajstić information content (AvgIpc) is 3.26. The van der Waals surface area contributed by atoms with Gasteiger partial charge in [0.2, 0.25) is 11.8 Å². The lowest BCUT2D eigenvalue weighted by atomic mass is 10.0. The van der Waals surface area contributed by atoms with E-state index in [1.807, 2.05) is 42.5 Å². The Labute approximate surface area is 177 Å². The summed E-state index contributed by atoms with van der Waals surface area (Å²) in [6, 6.07) is 19.1. The van der Waals surface area contributed by atoms with Gasteiger partial charge in [-0.3, -0.25) is 4.79 Å². The zero-order chi connectivity index (χ0) is 20.9. The van der Waals surface area contributed by atoms with E-state index < -0.39 is 0 Å². The second kappa shape index (κ2) is 8.87. The molecule has 3 aromatic carbocycles. The van der Waals surface area contributed by atoms with Gasteiger partial charge in [0, 0.05) is 11.6 Å². The molecule has 4 aromatic rings. The molecule has 4 rings (SSSR count). The Morgan fingerprint density at radius 3 is 2.70 bits per heavy atom. The summed E-state index contributed by atoms with van der Waals surface area (Å²) in [5, 5.41) is 13.5. The van der Waals surface area contributed by atoms with Crippen LogP contribution in [0.4, 0.5) is 5.69 Å². The van der Waals surface area contributed by atoms with Crippen LogP contribution in [0.1, 0.15) is 0 Å². The van der Waals surface area contributed by atoms with Crippen molar-refractivity contribution >= 4 is 34.1 Å². The molecule has 1 aromatic heterocycles. The standard InChI is InChI=1S/C22H19N3O4S/c1-27-15-10-11-19(28-2)18(12-15)23-20(26)13-30-22-25-24-21(29-22)17-9-5-7-14-6-3-4-8-16(14)17/h3-12H,13H2,1-2H3,(H,23,26). The molecular formula is C22H19N3O4S. The van der Waals surface area contributed by atoms with E-state index in [-0.39, 0.29) is 11.7 Å². The van der Waals surface area contributed by atoms with E-state index >= 15 is 0 Å². The molecule has 0 aliphatic carbocycles. The second-order valence-corrected chi connectivity index (χ2v) is 7.23. The van der Waals surface area contributed by atoms with Crippen LogP contribution in [0.5, 0.6) is 11.5 Å². The van der Waals surface area contributed by atoms with Crippen molar-refractivity contribution in [2.45, 2.75) is 5.22 Å². The van der Waals surface area contributed by atoms with E-state index in [2.05, 4.69) is 15.5 Å². The van der Waals surface area contributed by atoms with Crippen molar-refractivity contribution in [2.24, 2.45) is 0 Å². The van der Waals surface area contributed by atoms with E-state index in [1.165, 1.54) is 11.8 Å². The molecule has 1 heterocycles. The van der Waals surface area contributed by atoms with Crippen molar-refractivity contribution in [3.8, 4) is 23.0 Å². The fourth-order valence-corrected chi connectivity index (χ4v) is 3.58. The Morgan fingerprint density at radius 2 is 1.87 bits per heavy atom. The van der Waals surface area contributed by atoms with Gasteiger partial charge in [0.25, 0.3) is 5.22 Å². The van der Waals surface area contributed by atoms with Gasteiger partial charge in [-0.25, -0.2) is 0 Å². The molecule has 0 saturated heterocycles. The van der Waals surface area contributed by atoms with Crippen molar-refractivity contribution in [1.29, 1.82) is 0 Å². The Hall–Kier alpha value is -3.52. The molecule has 0 radical (unpaired) electrons. The molecule has 152 valence electrons. The molecular weight excluding hydrogens is 402 g/mol. The highest BCUT2D eigenvalue weighted by atomic mass is 32.2. The van der Waals surface area contributed by atoms with Crippen LogP contribution in [-0.4, -0.2) is 36.1 Å². The molecule has 0 atom stereocenters. The number of methoxy groups -OCH3 is 2. The van der Waals surface area contributed by atoms with Crippen molar-refractivity contribution in [2.75, 3.05) is 25.3 Å². The van der Waals surface area contributed by atoms with Gasteiger partial charge in [-0.05, 0) is 29.0 Å². The van der Waals surface area contributed by atoms with Crippen LogP contribution >= 0.6 is 11.8 Å². The molecule has 1 N–H and O–H groups in total. The monoisotopic (exact) mass is 421 g/mol. The van der Waals surface area contributed by atoms with Crippen LogP contribution in [0.25, 0.3) is 22.2 Å². The Morgan fingerprint density at radius 1 is 1.03 bits per heavy atom. The number of thioether (sulfide) groups is 1. The van der Waals surface area contributed by atoms with Crippen molar-refractivity contribution in [3.05, 3.63) is 60.7 Å². The van der Waals surface area contributed by atoms with E-state index in [0.29, 0.717) is 28.3 Å². The first-order valence-electron chi connectivity index (χ1n) is 9.14. The number of nitrogens with zero attached hydrogens (tertiary/aromatic N) is 2. The summed E-state index contributed by atoms with van der Waals surface area (Å²) in [6.07, 6.45) is 0. The zero-order valence-corrected chi connectivity index (χ0v) is 17.2. The topological polar surface area (TPSA) is 86.5 Å². The van der Waals surface area contributed by atoms with E-state index in [4.69, 9.17) is 13.9 Å². The van der Waals surface area contributed by atoms with Gasteiger partial charge in [-0.15, -0.1) is 10.2 Å².